The molecule has 0 aliphatic heterocycles. The largest absolute Gasteiger partial charge is 0.298 e. The molecule has 1 saturated carbocycles. The minimum Gasteiger partial charge on any atom is -0.298 e. The third kappa shape index (κ3) is 0.556. The van der Waals surface area contributed by atoms with E-state index in [-0.39, 0.29) is 10.8 Å². The Balaban J connectivity index is 3.00. The highest BCUT2D eigenvalue weighted by molar-refractivity contribution is 6.02. The van der Waals surface area contributed by atoms with Gasteiger partial charge in [-0.2, -0.15) is 0 Å². The van der Waals surface area contributed by atoms with Gasteiger partial charge in [-0.1, -0.05) is 12.2 Å². The molecule has 0 aromatic carbocycles. The molecule has 1 nitrogen and oxygen atoms in total. The predicted octanol–water partition coefficient (Wildman–Crippen LogP) is 2.18. The Kier molecular flexibility index (Phi) is 1.15. The first-order valence-corrected chi connectivity index (χ1v) is 3.56. The van der Waals surface area contributed by atoms with Crippen LogP contribution in [0, 0.1) is 10.8 Å². The molecular formula is C9H14O. The van der Waals surface area contributed by atoms with Crippen molar-refractivity contribution in [3.05, 3.63) is 12.2 Å². The van der Waals surface area contributed by atoms with Crippen molar-refractivity contribution >= 4 is 5.78 Å². The molecule has 0 aromatic rings. The predicted molar refractivity (Wildman–Crippen MR) is 41.7 cm³/mol. The van der Waals surface area contributed by atoms with Gasteiger partial charge in [-0.15, -0.1) is 0 Å². The van der Waals surface area contributed by atoms with Gasteiger partial charge >= 0.3 is 0 Å². The smallest absolute Gasteiger partial charge is 0.152 e. The van der Waals surface area contributed by atoms with Crippen LogP contribution in [0.4, 0.5) is 0 Å². The molecule has 0 saturated heterocycles. The zero-order chi connectivity index (χ0) is 8.15. The van der Waals surface area contributed by atoms with Crippen molar-refractivity contribution in [3.63, 3.8) is 0 Å². The Bertz CT molecular complexity index is 169. The van der Waals surface area contributed by atoms with Gasteiger partial charge < -0.3 is 0 Å². The third-order valence-corrected chi connectivity index (χ3v) is 2.64. The van der Waals surface area contributed by atoms with E-state index in [1.165, 1.54) is 0 Å². The summed E-state index contributed by atoms with van der Waals surface area (Å²) in [6.45, 7) is 11.6. The summed E-state index contributed by atoms with van der Waals surface area (Å²) in [6, 6.07) is 0. The average Bonchev–Trinajstić information content (AvgIpc) is 1.84. The molecule has 0 atom stereocenters. The van der Waals surface area contributed by atoms with Crippen LogP contribution in [-0.2, 0) is 4.79 Å². The van der Waals surface area contributed by atoms with E-state index in [2.05, 4.69) is 6.58 Å². The average molecular weight is 138 g/mol. The highest BCUT2D eigenvalue weighted by Gasteiger charge is 2.55. The van der Waals surface area contributed by atoms with Crippen LogP contribution in [0.2, 0.25) is 0 Å². The van der Waals surface area contributed by atoms with Gasteiger partial charge in [0, 0.05) is 10.8 Å². The first-order valence-electron chi connectivity index (χ1n) is 3.56. The fourth-order valence-corrected chi connectivity index (χ4v) is 1.77. The lowest BCUT2D eigenvalue weighted by Gasteiger charge is -2.49. The second-order valence-corrected chi connectivity index (χ2v) is 4.06. The quantitative estimate of drug-likeness (QED) is 0.469. The summed E-state index contributed by atoms with van der Waals surface area (Å²) in [4.78, 5) is 11.4. The Morgan fingerprint density at radius 1 is 1.10 bits per heavy atom. The van der Waals surface area contributed by atoms with Crippen molar-refractivity contribution in [2.24, 2.45) is 10.8 Å². The normalized spacial score (nSPS) is 28.0. The van der Waals surface area contributed by atoms with Gasteiger partial charge in [-0.3, -0.25) is 4.79 Å². The van der Waals surface area contributed by atoms with E-state index < -0.39 is 0 Å². The topological polar surface area (TPSA) is 17.1 Å². The Morgan fingerprint density at radius 2 is 1.40 bits per heavy atom. The number of hydrogen-bond acceptors (Lipinski definition) is 1. The van der Waals surface area contributed by atoms with Crippen molar-refractivity contribution in [2.45, 2.75) is 27.7 Å². The van der Waals surface area contributed by atoms with Gasteiger partial charge in [-0.05, 0) is 27.7 Å². The second-order valence-electron chi connectivity index (χ2n) is 4.06. The number of ketones is 1. The van der Waals surface area contributed by atoms with Gasteiger partial charge in [-0.25, -0.2) is 0 Å². The molecule has 0 unspecified atom stereocenters. The molecule has 1 fully saturated rings. The van der Waals surface area contributed by atoms with Crippen LogP contribution in [0.5, 0.6) is 0 Å². The number of allylic oxidation sites excluding steroid dienone is 1. The number of rotatable bonds is 0. The van der Waals surface area contributed by atoms with Crippen LogP contribution >= 0.6 is 0 Å². The van der Waals surface area contributed by atoms with Crippen LogP contribution in [-0.4, -0.2) is 5.78 Å². The summed E-state index contributed by atoms with van der Waals surface area (Å²) in [5, 5.41) is 0. The van der Waals surface area contributed by atoms with Crippen LogP contribution in [0.1, 0.15) is 27.7 Å². The van der Waals surface area contributed by atoms with E-state index in [0.717, 1.165) is 5.57 Å². The van der Waals surface area contributed by atoms with E-state index in [1.54, 1.807) is 0 Å². The number of hydrogen-bond donors (Lipinski definition) is 0. The molecule has 56 valence electrons. The van der Waals surface area contributed by atoms with Crippen LogP contribution in [0.15, 0.2) is 12.2 Å². The first kappa shape index (κ1) is 7.52. The maximum atomic E-state index is 11.4. The van der Waals surface area contributed by atoms with Gasteiger partial charge in [0.15, 0.2) is 5.78 Å². The molecule has 10 heavy (non-hydrogen) atoms. The van der Waals surface area contributed by atoms with E-state index in [0.29, 0.717) is 5.78 Å². The fourth-order valence-electron chi connectivity index (χ4n) is 1.77. The lowest BCUT2D eigenvalue weighted by Crippen LogP contribution is -2.53. The summed E-state index contributed by atoms with van der Waals surface area (Å²) >= 11 is 0. The molecule has 0 N–H and O–H groups in total. The molecule has 1 aliphatic rings. The SMILES string of the molecule is C=C1C(C)(C)C(=O)C1(C)C. The summed E-state index contributed by atoms with van der Waals surface area (Å²) in [6.07, 6.45) is 0. The molecule has 1 aliphatic carbocycles. The highest BCUT2D eigenvalue weighted by Crippen LogP contribution is 2.53. The maximum absolute atomic E-state index is 11.4. The van der Waals surface area contributed by atoms with Crippen LogP contribution in [0.3, 0.4) is 0 Å². The van der Waals surface area contributed by atoms with Gasteiger partial charge in [0.25, 0.3) is 0 Å². The number of carbonyl (C=O) groups is 1. The van der Waals surface area contributed by atoms with Crippen LogP contribution in [0.25, 0.3) is 0 Å². The molecule has 0 spiro atoms. The molecule has 1 heteroatoms. The standard InChI is InChI=1S/C9H14O/c1-6-8(2,3)7(10)9(6,4)5/h1H2,2-5H3. The minimum atomic E-state index is -0.260. The van der Waals surface area contributed by atoms with Gasteiger partial charge in [0.2, 0.25) is 0 Å². The van der Waals surface area contributed by atoms with Crippen molar-refractivity contribution in [3.8, 4) is 0 Å². The van der Waals surface area contributed by atoms with Crippen molar-refractivity contribution in [1.82, 2.24) is 0 Å². The lowest BCUT2D eigenvalue weighted by molar-refractivity contribution is -0.141. The monoisotopic (exact) mass is 138 g/mol. The minimum absolute atomic E-state index is 0.260. The molecular weight excluding hydrogens is 124 g/mol. The molecule has 0 amide bonds. The summed E-state index contributed by atoms with van der Waals surface area (Å²) in [5.74, 6) is 0.310. The zero-order valence-corrected chi connectivity index (χ0v) is 7.12. The molecule has 0 aromatic heterocycles. The molecule has 0 heterocycles. The Labute approximate surface area is 62.1 Å². The van der Waals surface area contributed by atoms with Crippen molar-refractivity contribution < 1.29 is 4.79 Å². The second kappa shape index (κ2) is 1.52. The van der Waals surface area contributed by atoms with Gasteiger partial charge in [0.05, 0.1) is 0 Å². The van der Waals surface area contributed by atoms with Gasteiger partial charge in [0.1, 0.15) is 0 Å². The third-order valence-electron chi connectivity index (χ3n) is 2.64. The fraction of sp³-hybridized carbons (Fsp3) is 0.667. The Morgan fingerprint density at radius 3 is 1.50 bits per heavy atom. The number of Topliss-reactive ketones (excluding diaryl/α,β-unsaturated/α-hetero) is 1. The summed E-state index contributed by atoms with van der Waals surface area (Å²) in [5.41, 5.74) is 0.539. The lowest BCUT2D eigenvalue weighted by atomic mass is 9.52. The molecule has 0 bridgehead atoms. The maximum Gasteiger partial charge on any atom is 0.152 e. The first-order chi connectivity index (χ1) is 4.31. The van der Waals surface area contributed by atoms with E-state index in [9.17, 15) is 4.79 Å². The van der Waals surface area contributed by atoms with Crippen molar-refractivity contribution in [2.75, 3.05) is 0 Å². The van der Waals surface area contributed by atoms with Crippen LogP contribution < -0.4 is 0 Å². The van der Waals surface area contributed by atoms with E-state index in [1.807, 2.05) is 27.7 Å². The van der Waals surface area contributed by atoms with E-state index in [4.69, 9.17) is 0 Å². The number of carbonyl (C=O) groups excluding carboxylic acids is 1. The summed E-state index contributed by atoms with van der Waals surface area (Å²) < 4.78 is 0. The van der Waals surface area contributed by atoms with Crippen molar-refractivity contribution in [1.29, 1.82) is 0 Å². The zero-order valence-electron chi connectivity index (χ0n) is 7.12. The van der Waals surface area contributed by atoms with E-state index >= 15 is 0 Å². The Hall–Kier alpha value is -0.590. The highest BCUT2D eigenvalue weighted by atomic mass is 16.1. The molecule has 1 rings (SSSR count). The summed E-state index contributed by atoms with van der Waals surface area (Å²) in [7, 11) is 0. The molecule has 0 radical (unpaired) electrons.